The number of hydrogen-bond donors (Lipinski definition) is 1. The highest BCUT2D eigenvalue weighted by Gasteiger charge is 2.40. The third-order valence-electron chi connectivity index (χ3n) is 4.58. The lowest BCUT2D eigenvalue weighted by molar-refractivity contribution is 0.226. The van der Waals surface area contributed by atoms with Gasteiger partial charge in [0.2, 0.25) is 0 Å². The number of thiophene rings is 1. The molecule has 0 aromatic carbocycles. The maximum Gasteiger partial charge on any atom is 0.252 e. The molecule has 3 heterocycles. The smallest absolute Gasteiger partial charge is 0.252 e. The van der Waals surface area contributed by atoms with Crippen molar-refractivity contribution in [3.05, 3.63) is 17.0 Å². The Kier molecular flexibility index (Phi) is 4.41. The fraction of sp³-hybridized carbons (Fsp3) is 0.733. The molecular formula is C15H24N2O2S2. The Labute approximate surface area is 131 Å². The molecule has 4 nitrogen and oxygen atoms in total. The summed E-state index contributed by atoms with van der Waals surface area (Å²) in [5.41, 5.74) is 0. The van der Waals surface area contributed by atoms with Gasteiger partial charge in [-0.3, -0.25) is 0 Å². The first-order chi connectivity index (χ1) is 10.0. The lowest BCUT2D eigenvalue weighted by atomic mass is 10.00. The van der Waals surface area contributed by atoms with Crippen LogP contribution in [0.25, 0.3) is 0 Å². The van der Waals surface area contributed by atoms with Crippen LogP contribution >= 0.6 is 11.3 Å². The van der Waals surface area contributed by atoms with Crippen LogP contribution < -0.4 is 5.32 Å². The minimum atomic E-state index is -3.34. The molecule has 0 aliphatic carbocycles. The third-order valence-corrected chi connectivity index (χ3v) is 8.00. The summed E-state index contributed by atoms with van der Waals surface area (Å²) in [6.45, 7) is 4.64. The molecule has 2 aliphatic rings. The van der Waals surface area contributed by atoms with Crippen LogP contribution in [0.4, 0.5) is 0 Å². The van der Waals surface area contributed by atoms with Crippen LogP contribution in [0.5, 0.6) is 0 Å². The fourth-order valence-corrected chi connectivity index (χ4v) is 6.80. The predicted molar refractivity (Wildman–Crippen MR) is 86.2 cm³/mol. The maximum absolute atomic E-state index is 13.0. The molecule has 1 N–H and O–H groups in total. The van der Waals surface area contributed by atoms with Crippen molar-refractivity contribution < 1.29 is 8.42 Å². The standard InChI is InChI=1S/C15H24N2O2S2/c1-3-8-17(14-9-12-5-6-13(10-14)16-12)21(18,19)15-7-4-11(2)20-15/h4,7,12-14,16H,3,5-6,8-10H2,1-2H3. The number of piperidine rings is 1. The average molecular weight is 329 g/mol. The minimum Gasteiger partial charge on any atom is -0.311 e. The highest BCUT2D eigenvalue weighted by atomic mass is 32.2. The molecule has 0 spiro atoms. The van der Waals surface area contributed by atoms with Crippen molar-refractivity contribution in [2.45, 2.75) is 68.3 Å². The molecule has 1 aromatic rings. The molecule has 1 aromatic heterocycles. The van der Waals surface area contributed by atoms with Crippen LogP contribution in [-0.2, 0) is 10.0 Å². The van der Waals surface area contributed by atoms with E-state index >= 15 is 0 Å². The summed E-state index contributed by atoms with van der Waals surface area (Å²) in [6, 6.07) is 4.83. The van der Waals surface area contributed by atoms with E-state index in [4.69, 9.17) is 0 Å². The van der Waals surface area contributed by atoms with E-state index in [0.29, 0.717) is 22.8 Å². The molecule has 2 aliphatic heterocycles. The molecule has 2 atom stereocenters. The van der Waals surface area contributed by atoms with Crippen LogP contribution in [0, 0.1) is 6.92 Å². The number of sulfonamides is 1. The normalized spacial score (nSPS) is 29.2. The summed E-state index contributed by atoms with van der Waals surface area (Å²) >= 11 is 1.38. The van der Waals surface area contributed by atoms with Crippen molar-refractivity contribution in [1.29, 1.82) is 0 Å². The van der Waals surface area contributed by atoms with Gasteiger partial charge >= 0.3 is 0 Å². The van der Waals surface area contributed by atoms with Crippen LogP contribution in [-0.4, -0.2) is 37.4 Å². The zero-order chi connectivity index (χ0) is 15.0. The molecular weight excluding hydrogens is 304 g/mol. The van der Waals surface area contributed by atoms with Gasteiger partial charge in [-0.05, 0) is 51.2 Å². The molecule has 0 radical (unpaired) electrons. The second kappa shape index (κ2) is 5.99. The van der Waals surface area contributed by atoms with Gasteiger partial charge in [0.15, 0.2) is 0 Å². The highest BCUT2D eigenvalue weighted by molar-refractivity contribution is 7.91. The van der Waals surface area contributed by atoms with Gasteiger partial charge in [0.25, 0.3) is 10.0 Å². The van der Waals surface area contributed by atoms with Gasteiger partial charge in [-0.25, -0.2) is 8.42 Å². The van der Waals surface area contributed by atoms with Gasteiger partial charge in [-0.2, -0.15) is 4.31 Å². The van der Waals surface area contributed by atoms with Crippen LogP contribution in [0.1, 0.15) is 43.9 Å². The highest BCUT2D eigenvalue weighted by Crippen LogP contribution is 2.34. The van der Waals surface area contributed by atoms with Crippen molar-refractivity contribution in [2.24, 2.45) is 0 Å². The first-order valence-electron chi connectivity index (χ1n) is 7.85. The Morgan fingerprint density at radius 1 is 1.29 bits per heavy atom. The number of fused-ring (bicyclic) bond motifs is 2. The molecule has 3 rings (SSSR count). The van der Waals surface area contributed by atoms with E-state index < -0.39 is 10.0 Å². The Hall–Kier alpha value is -0.430. The molecule has 2 unspecified atom stereocenters. The van der Waals surface area contributed by atoms with E-state index in [9.17, 15) is 8.42 Å². The molecule has 21 heavy (non-hydrogen) atoms. The zero-order valence-corrected chi connectivity index (χ0v) is 14.3. The van der Waals surface area contributed by atoms with Gasteiger partial charge < -0.3 is 5.32 Å². The van der Waals surface area contributed by atoms with Crippen molar-refractivity contribution in [1.82, 2.24) is 9.62 Å². The van der Waals surface area contributed by atoms with Crippen molar-refractivity contribution in [3.8, 4) is 0 Å². The molecule has 0 saturated carbocycles. The number of aryl methyl sites for hydroxylation is 1. The van der Waals surface area contributed by atoms with E-state index in [1.54, 1.807) is 10.4 Å². The SMILES string of the molecule is CCCN(C1CC2CCC(C1)N2)S(=O)(=O)c1ccc(C)s1. The van der Waals surface area contributed by atoms with Gasteiger partial charge in [-0.1, -0.05) is 6.92 Å². The van der Waals surface area contributed by atoms with Gasteiger partial charge in [0.1, 0.15) is 4.21 Å². The molecule has 2 bridgehead atoms. The molecule has 118 valence electrons. The molecule has 2 fully saturated rings. The summed E-state index contributed by atoms with van der Waals surface area (Å²) in [5, 5.41) is 3.59. The predicted octanol–water partition coefficient (Wildman–Crippen LogP) is 2.74. The maximum atomic E-state index is 13.0. The minimum absolute atomic E-state index is 0.163. The van der Waals surface area contributed by atoms with Crippen molar-refractivity contribution in [3.63, 3.8) is 0 Å². The Balaban J connectivity index is 1.87. The Morgan fingerprint density at radius 2 is 1.95 bits per heavy atom. The number of nitrogens with one attached hydrogen (secondary N) is 1. The number of rotatable bonds is 5. The van der Waals surface area contributed by atoms with E-state index in [-0.39, 0.29) is 6.04 Å². The number of nitrogens with zero attached hydrogens (tertiary/aromatic N) is 1. The Morgan fingerprint density at radius 3 is 2.48 bits per heavy atom. The van der Waals surface area contributed by atoms with Crippen LogP contribution in [0.2, 0.25) is 0 Å². The summed E-state index contributed by atoms with van der Waals surface area (Å²) in [5.74, 6) is 0. The lowest BCUT2D eigenvalue weighted by Gasteiger charge is -2.36. The molecule has 6 heteroatoms. The van der Waals surface area contributed by atoms with Crippen molar-refractivity contribution >= 4 is 21.4 Å². The third kappa shape index (κ3) is 3.04. The van der Waals surface area contributed by atoms with Crippen LogP contribution in [0.3, 0.4) is 0 Å². The van der Waals surface area contributed by atoms with E-state index in [0.717, 1.165) is 24.1 Å². The largest absolute Gasteiger partial charge is 0.311 e. The second-order valence-electron chi connectivity index (χ2n) is 6.24. The monoisotopic (exact) mass is 328 g/mol. The van der Waals surface area contributed by atoms with Crippen molar-refractivity contribution in [2.75, 3.05) is 6.54 Å². The average Bonchev–Trinajstić information content (AvgIpc) is 3.02. The quantitative estimate of drug-likeness (QED) is 0.904. The van der Waals surface area contributed by atoms with E-state index in [1.807, 2.05) is 13.0 Å². The second-order valence-corrected chi connectivity index (χ2v) is 9.65. The Bertz CT molecular complexity index is 585. The topological polar surface area (TPSA) is 49.4 Å². The summed E-state index contributed by atoms with van der Waals surface area (Å²) in [7, 11) is -3.34. The first kappa shape index (κ1) is 15.5. The van der Waals surface area contributed by atoms with Gasteiger partial charge in [-0.15, -0.1) is 11.3 Å². The summed E-state index contributed by atoms with van der Waals surface area (Å²) in [4.78, 5) is 1.05. The fourth-order valence-electron chi connectivity index (χ4n) is 3.65. The summed E-state index contributed by atoms with van der Waals surface area (Å²) in [6.07, 6.45) is 5.17. The molecule has 2 saturated heterocycles. The first-order valence-corrected chi connectivity index (χ1v) is 10.1. The van der Waals surface area contributed by atoms with Gasteiger partial charge in [0.05, 0.1) is 0 Å². The zero-order valence-electron chi connectivity index (χ0n) is 12.7. The van der Waals surface area contributed by atoms with E-state index in [2.05, 4.69) is 12.2 Å². The molecule has 0 amide bonds. The van der Waals surface area contributed by atoms with E-state index in [1.165, 1.54) is 24.2 Å². The van der Waals surface area contributed by atoms with Crippen LogP contribution in [0.15, 0.2) is 16.3 Å². The number of hydrogen-bond acceptors (Lipinski definition) is 4. The summed E-state index contributed by atoms with van der Waals surface area (Å²) < 4.78 is 28.3. The van der Waals surface area contributed by atoms with Gasteiger partial charge in [0, 0.05) is 29.5 Å². The lowest BCUT2D eigenvalue weighted by Crippen LogP contribution is -2.50.